The number of hydrogen-bond acceptors (Lipinski definition) is 4. The minimum atomic E-state index is -0.120. The van der Waals surface area contributed by atoms with E-state index in [-0.39, 0.29) is 17.6 Å². The fourth-order valence-electron chi connectivity index (χ4n) is 2.52. The highest BCUT2D eigenvalue weighted by molar-refractivity contribution is 8.00. The van der Waals surface area contributed by atoms with Crippen molar-refractivity contribution in [1.82, 2.24) is 9.88 Å². The van der Waals surface area contributed by atoms with E-state index in [9.17, 15) is 9.59 Å². The van der Waals surface area contributed by atoms with E-state index in [2.05, 4.69) is 10.3 Å². The van der Waals surface area contributed by atoms with E-state index >= 15 is 0 Å². The summed E-state index contributed by atoms with van der Waals surface area (Å²) in [6, 6.07) is 16.7. The van der Waals surface area contributed by atoms with Crippen LogP contribution in [0.4, 0.5) is 5.69 Å². The molecule has 132 valence electrons. The number of nitrogens with zero attached hydrogens (tertiary/aromatic N) is 2. The maximum atomic E-state index is 12.3. The minimum Gasteiger partial charge on any atom is -0.345 e. The molecule has 6 heteroatoms. The summed E-state index contributed by atoms with van der Waals surface area (Å²) < 4.78 is 0. The molecule has 0 spiro atoms. The SMILES string of the molecule is CN(C)C(=O)c1cccc(NC(=O)CSc2ccnc3ccccc23)c1. The third-order valence-electron chi connectivity index (χ3n) is 3.77. The second-order valence-corrected chi connectivity index (χ2v) is 6.96. The van der Waals surface area contributed by atoms with E-state index in [1.54, 1.807) is 44.6 Å². The molecule has 0 unspecified atom stereocenters. The molecule has 1 N–H and O–H groups in total. The van der Waals surface area contributed by atoms with Crippen LogP contribution in [0.3, 0.4) is 0 Å². The molecule has 0 saturated carbocycles. The third kappa shape index (κ3) is 4.21. The smallest absolute Gasteiger partial charge is 0.253 e. The van der Waals surface area contributed by atoms with E-state index in [1.165, 1.54) is 16.7 Å². The fourth-order valence-corrected chi connectivity index (χ4v) is 3.37. The number of pyridine rings is 1. The molecule has 26 heavy (non-hydrogen) atoms. The van der Waals surface area contributed by atoms with Gasteiger partial charge in [-0.2, -0.15) is 0 Å². The van der Waals surface area contributed by atoms with Crippen LogP contribution in [0.5, 0.6) is 0 Å². The topological polar surface area (TPSA) is 62.3 Å². The maximum absolute atomic E-state index is 12.3. The van der Waals surface area contributed by atoms with Crippen LogP contribution in [-0.2, 0) is 4.79 Å². The Bertz CT molecular complexity index is 951. The van der Waals surface area contributed by atoms with Gasteiger partial charge in [0.2, 0.25) is 5.91 Å². The van der Waals surface area contributed by atoms with Gasteiger partial charge < -0.3 is 10.2 Å². The lowest BCUT2D eigenvalue weighted by Crippen LogP contribution is -2.22. The lowest BCUT2D eigenvalue weighted by Gasteiger charge is -2.12. The molecule has 0 fully saturated rings. The first-order chi connectivity index (χ1) is 12.5. The molecule has 2 aromatic carbocycles. The quantitative estimate of drug-likeness (QED) is 0.701. The van der Waals surface area contributed by atoms with Gasteiger partial charge in [0.15, 0.2) is 0 Å². The van der Waals surface area contributed by atoms with Crippen LogP contribution in [0, 0.1) is 0 Å². The Balaban J connectivity index is 1.66. The van der Waals surface area contributed by atoms with Gasteiger partial charge in [-0.1, -0.05) is 24.3 Å². The summed E-state index contributed by atoms with van der Waals surface area (Å²) in [6.45, 7) is 0. The molecule has 1 aromatic heterocycles. The standard InChI is InChI=1S/C20H19N3O2S/c1-23(2)20(25)14-6-5-7-15(12-14)22-19(24)13-26-18-10-11-21-17-9-4-3-8-16(17)18/h3-12H,13H2,1-2H3,(H,22,24). The van der Waals surface area contributed by atoms with E-state index in [0.717, 1.165) is 15.8 Å². The molecule has 0 aliphatic rings. The lowest BCUT2D eigenvalue weighted by molar-refractivity contribution is -0.113. The van der Waals surface area contributed by atoms with Crippen LogP contribution in [0.1, 0.15) is 10.4 Å². The normalized spacial score (nSPS) is 10.5. The highest BCUT2D eigenvalue weighted by Crippen LogP contribution is 2.26. The monoisotopic (exact) mass is 365 g/mol. The van der Waals surface area contributed by atoms with Crippen molar-refractivity contribution in [2.45, 2.75) is 4.90 Å². The highest BCUT2D eigenvalue weighted by atomic mass is 32.2. The van der Waals surface area contributed by atoms with Gasteiger partial charge in [-0.15, -0.1) is 11.8 Å². The van der Waals surface area contributed by atoms with Crippen molar-refractivity contribution in [2.75, 3.05) is 25.2 Å². The number of amides is 2. The van der Waals surface area contributed by atoms with E-state index in [4.69, 9.17) is 0 Å². The van der Waals surface area contributed by atoms with Gasteiger partial charge in [0.1, 0.15) is 0 Å². The number of aromatic nitrogens is 1. The maximum Gasteiger partial charge on any atom is 0.253 e. The van der Waals surface area contributed by atoms with Crippen molar-refractivity contribution in [3.05, 3.63) is 66.4 Å². The molecule has 0 radical (unpaired) electrons. The number of fused-ring (bicyclic) bond motifs is 1. The lowest BCUT2D eigenvalue weighted by atomic mass is 10.2. The van der Waals surface area contributed by atoms with Crippen molar-refractivity contribution < 1.29 is 9.59 Å². The number of para-hydroxylation sites is 1. The third-order valence-corrected chi connectivity index (χ3v) is 4.84. The first-order valence-electron chi connectivity index (χ1n) is 8.13. The van der Waals surface area contributed by atoms with Gasteiger partial charge >= 0.3 is 0 Å². The predicted octanol–water partition coefficient (Wildman–Crippen LogP) is 3.67. The molecule has 0 atom stereocenters. The second-order valence-electron chi connectivity index (χ2n) is 5.94. The van der Waals surface area contributed by atoms with Crippen LogP contribution >= 0.6 is 11.8 Å². The molecule has 1 heterocycles. The predicted molar refractivity (Wildman–Crippen MR) is 106 cm³/mol. The van der Waals surface area contributed by atoms with Gasteiger partial charge in [0, 0.05) is 41.8 Å². The Morgan fingerprint density at radius 3 is 2.69 bits per heavy atom. The van der Waals surface area contributed by atoms with E-state index in [1.807, 2.05) is 30.3 Å². The Kier molecular flexibility index (Phi) is 5.53. The summed E-state index contributed by atoms with van der Waals surface area (Å²) in [4.78, 5) is 31.2. The zero-order valence-corrected chi connectivity index (χ0v) is 15.4. The van der Waals surface area contributed by atoms with Gasteiger partial charge in [-0.05, 0) is 30.3 Å². The summed E-state index contributed by atoms with van der Waals surface area (Å²) in [5.41, 5.74) is 2.07. The first kappa shape index (κ1) is 17.9. The van der Waals surface area contributed by atoms with Crippen molar-refractivity contribution in [2.24, 2.45) is 0 Å². The number of thioether (sulfide) groups is 1. The molecule has 0 bridgehead atoms. The molecule has 0 aliphatic carbocycles. The molecular weight excluding hydrogens is 346 g/mol. The van der Waals surface area contributed by atoms with Crippen LogP contribution in [0.25, 0.3) is 10.9 Å². The van der Waals surface area contributed by atoms with Gasteiger partial charge in [-0.3, -0.25) is 14.6 Å². The largest absolute Gasteiger partial charge is 0.345 e. The number of anilines is 1. The van der Waals surface area contributed by atoms with Crippen LogP contribution in [0.15, 0.2) is 65.7 Å². The average molecular weight is 365 g/mol. The number of nitrogens with one attached hydrogen (secondary N) is 1. The summed E-state index contributed by atoms with van der Waals surface area (Å²) in [5, 5.41) is 3.88. The van der Waals surface area contributed by atoms with Crippen molar-refractivity contribution in [3.8, 4) is 0 Å². The highest BCUT2D eigenvalue weighted by Gasteiger charge is 2.10. The van der Waals surface area contributed by atoms with Crippen LogP contribution in [0.2, 0.25) is 0 Å². The Hall–Kier alpha value is -2.86. The van der Waals surface area contributed by atoms with E-state index < -0.39 is 0 Å². The Labute approximate surface area is 156 Å². The van der Waals surface area contributed by atoms with Gasteiger partial charge in [0.05, 0.1) is 11.3 Å². The molecule has 5 nitrogen and oxygen atoms in total. The Morgan fingerprint density at radius 2 is 1.88 bits per heavy atom. The summed E-state index contributed by atoms with van der Waals surface area (Å²) in [6.07, 6.45) is 1.75. The number of benzene rings is 2. The van der Waals surface area contributed by atoms with Crippen molar-refractivity contribution in [1.29, 1.82) is 0 Å². The fraction of sp³-hybridized carbons (Fsp3) is 0.150. The van der Waals surface area contributed by atoms with Crippen molar-refractivity contribution in [3.63, 3.8) is 0 Å². The van der Waals surface area contributed by atoms with Gasteiger partial charge in [-0.25, -0.2) is 0 Å². The van der Waals surface area contributed by atoms with E-state index in [0.29, 0.717) is 11.3 Å². The van der Waals surface area contributed by atoms with Crippen molar-refractivity contribution >= 4 is 40.2 Å². The summed E-state index contributed by atoms with van der Waals surface area (Å²) in [5.74, 6) is 0.0592. The minimum absolute atomic E-state index is 0.0984. The molecule has 3 aromatic rings. The molecule has 2 amide bonds. The first-order valence-corrected chi connectivity index (χ1v) is 9.11. The Morgan fingerprint density at radius 1 is 1.08 bits per heavy atom. The van der Waals surface area contributed by atoms with Crippen LogP contribution < -0.4 is 5.32 Å². The zero-order chi connectivity index (χ0) is 18.5. The van der Waals surface area contributed by atoms with Crippen LogP contribution in [-0.4, -0.2) is 41.5 Å². The average Bonchev–Trinajstić information content (AvgIpc) is 2.65. The molecule has 3 rings (SSSR count). The zero-order valence-electron chi connectivity index (χ0n) is 14.6. The molecule has 0 saturated heterocycles. The number of carbonyl (C=O) groups excluding carboxylic acids is 2. The molecular formula is C20H19N3O2S. The number of hydrogen-bond donors (Lipinski definition) is 1. The number of rotatable bonds is 5. The number of carbonyl (C=O) groups is 2. The second kappa shape index (κ2) is 8.01. The summed E-state index contributed by atoms with van der Waals surface area (Å²) in [7, 11) is 3.40. The summed E-state index contributed by atoms with van der Waals surface area (Å²) >= 11 is 1.47. The molecule has 0 aliphatic heterocycles. The van der Waals surface area contributed by atoms with Gasteiger partial charge in [0.25, 0.3) is 5.91 Å².